The second-order valence-corrected chi connectivity index (χ2v) is 2.53. The van der Waals surface area contributed by atoms with Crippen molar-refractivity contribution in [2.24, 2.45) is 5.92 Å². The summed E-state index contributed by atoms with van der Waals surface area (Å²) < 4.78 is 36.6. The molecule has 0 fully saturated rings. The predicted molar refractivity (Wildman–Crippen MR) is 40.3 cm³/mol. The van der Waals surface area contributed by atoms with E-state index in [4.69, 9.17) is 5.11 Å². The number of alkyl halides is 2. The summed E-state index contributed by atoms with van der Waals surface area (Å²) in [5.74, 6) is -2.33. The fourth-order valence-corrected chi connectivity index (χ4v) is 0.816. The molecule has 1 unspecified atom stereocenters. The first-order valence-electron chi connectivity index (χ1n) is 3.42. The van der Waals surface area contributed by atoms with Gasteiger partial charge in [0.05, 0.1) is 11.7 Å². The smallest absolute Gasteiger partial charge is 0.336 e. The van der Waals surface area contributed by atoms with E-state index in [0.29, 0.717) is 0 Å². The zero-order chi connectivity index (χ0) is 9.78. The molecule has 0 amide bonds. The molecule has 4 heteroatoms. The van der Waals surface area contributed by atoms with E-state index in [0.717, 1.165) is 0 Å². The van der Waals surface area contributed by atoms with Crippen molar-refractivity contribution in [2.75, 3.05) is 0 Å². The van der Waals surface area contributed by atoms with E-state index >= 15 is 0 Å². The molecule has 0 spiro atoms. The van der Waals surface area contributed by atoms with Crippen molar-refractivity contribution in [1.82, 2.24) is 0 Å². The Hall–Kier alpha value is -0.770. The quantitative estimate of drug-likeness (QED) is 0.645. The molecule has 0 saturated heterocycles. The Morgan fingerprint density at radius 1 is 1.58 bits per heavy atom. The first-order chi connectivity index (χ1) is 5.38. The number of hydrogen-bond acceptors (Lipinski definition) is 1. The molecular formula is C8H11F3O. The van der Waals surface area contributed by atoms with Gasteiger partial charge in [-0.2, -0.15) is 8.78 Å². The molecule has 0 aliphatic rings. The number of halogens is 3. The molecule has 0 aliphatic carbocycles. The molecule has 0 aromatic carbocycles. The van der Waals surface area contributed by atoms with E-state index < -0.39 is 24.3 Å². The zero-order valence-corrected chi connectivity index (χ0v) is 6.56. The number of rotatable bonds is 5. The SMILES string of the molecule is C=CCC(CC(=C)F)C(O)(F)F. The molecule has 0 bridgehead atoms. The van der Waals surface area contributed by atoms with Crippen molar-refractivity contribution in [3.8, 4) is 0 Å². The van der Waals surface area contributed by atoms with Gasteiger partial charge in [-0.25, -0.2) is 4.39 Å². The fraction of sp³-hybridized carbons (Fsp3) is 0.500. The van der Waals surface area contributed by atoms with Gasteiger partial charge in [0.25, 0.3) is 0 Å². The summed E-state index contributed by atoms with van der Waals surface area (Å²) >= 11 is 0. The van der Waals surface area contributed by atoms with Gasteiger partial charge in [0.15, 0.2) is 0 Å². The van der Waals surface area contributed by atoms with Crippen LogP contribution in [-0.4, -0.2) is 11.2 Å². The van der Waals surface area contributed by atoms with Crippen molar-refractivity contribution in [3.05, 3.63) is 25.1 Å². The van der Waals surface area contributed by atoms with Gasteiger partial charge in [-0.1, -0.05) is 12.7 Å². The Bertz CT molecular complexity index is 172. The molecule has 0 aromatic heterocycles. The monoisotopic (exact) mass is 180 g/mol. The number of allylic oxidation sites excluding steroid dienone is 2. The highest BCUT2D eigenvalue weighted by Crippen LogP contribution is 2.30. The molecule has 1 nitrogen and oxygen atoms in total. The molecule has 1 atom stereocenters. The van der Waals surface area contributed by atoms with Gasteiger partial charge in [-0.15, -0.1) is 6.58 Å². The van der Waals surface area contributed by atoms with Crippen LogP contribution in [0.3, 0.4) is 0 Å². The Morgan fingerprint density at radius 3 is 2.33 bits per heavy atom. The maximum atomic E-state index is 12.2. The first-order valence-corrected chi connectivity index (χ1v) is 3.42. The van der Waals surface area contributed by atoms with Gasteiger partial charge < -0.3 is 5.11 Å². The molecular weight excluding hydrogens is 169 g/mol. The largest absolute Gasteiger partial charge is 0.356 e. The highest BCUT2D eigenvalue weighted by atomic mass is 19.3. The highest BCUT2D eigenvalue weighted by Gasteiger charge is 2.36. The second kappa shape index (κ2) is 4.30. The lowest BCUT2D eigenvalue weighted by Crippen LogP contribution is -2.27. The van der Waals surface area contributed by atoms with Gasteiger partial charge in [0, 0.05) is 6.42 Å². The minimum Gasteiger partial charge on any atom is -0.336 e. The predicted octanol–water partition coefficient (Wildman–Crippen LogP) is 2.64. The van der Waals surface area contributed by atoms with Crippen molar-refractivity contribution in [1.29, 1.82) is 0 Å². The standard InChI is InChI=1S/C8H11F3O/c1-3-4-7(5-6(2)9)8(10,11)12/h3,7,12H,1-2,4-5H2. The third-order valence-corrected chi connectivity index (χ3v) is 1.41. The van der Waals surface area contributed by atoms with E-state index in [1.54, 1.807) is 0 Å². The van der Waals surface area contributed by atoms with Crippen LogP contribution in [0.2, 0.25) is 0 Å². The van der Waals surface area contributed by atoms with Crippen LogP contribution in [0, 0.1) is 5.92 Å². The minimum atomic E-state index is -3.87. The molecule has 12 heavy (non-hydrogen) atoms. The molecule has 0 heterocycles. The summed E-state index contributed by atoms with van der Waals surface area (Å²) in [4.78, 5) is 0. The molecule has 70 valence electrons. The van der Waals surface area contributed by atoms with Gasteiger partial charge in [-0.3, -0.25) is 0 Å². The Labute approximate surface area is 69.2 Å². The van der Waals surface area contributed by atoms with Gasteiger partial charge in [0.1, 0.15) is 0 Å². The second-order valence-electron chi connectivity index (χ2n) is 2.53. The zero-order valence-electron chi connectivity index (χ0n) is 6.56. The maximum Gasteiger partial charge on any atom is 0.356 e. The van der Waals surface area contributed by atoms with E-state index in [-0.39, 0.29) is 6.42 Å². The van der Waals surface area contributed by atoms with Crippen LogP contribution >= 0.6 is 0 Å². The molecule has 0 aliphatic heterocycles. The molecule has 0 saturated carbocycles. The van der Waals surface area contributed by atoms with Crippen molar-refractivity contribution < 1.29 is 18.3 Å². The van der Waals surface area contributed by atoms with Crippen LogP contribution < -0.4 is 0 Å². The van der Waals surface area contributed by atoms with Crippen LogP contribution in [0.25, 0.3) is 0 Å². The average molecular weight is 180 g/mol. The van der Waals surface area contributed by atoms with Crippen LogP contribution in [0.4, 0.5) is 13.2 Å². The summed E-state index contributed by atoms with van der Waals surface area (Å²) in [6.45, 7) is 6.07. The van der Waals surface area contributed by atoms with Crippen molar-refractivity contribution in [3.63, 3.8) is 0 Å². The van der Waals surface area contributed by atoms with Crippen LogP contribution in [0.5, 0.6) is 0 Å². The first kappa shape index (κ1) is 11.2. The summed E-state index contributed by atoms with van der Waals surface area (Å²) in [6.07, 6.45) is -3.36. The lowest BCUT2D eigenvalue weighted by Gasteiger charge is -2.19. The highest BCUT2D eigenvalue weighted by molar-refractivity contribution is 4.88. The third kappa shape index (κ3) is 4.18. The fourth-order valence-electron chi connectivity index (χ4n) is 0.816. The third-order valence-electron chi connectivity index (χ3n) is 1.41. The molecule has 0 radical (unpaired) electrons. The summed E-state index contributed by atoms with van der Waals surface area (Å²) in [5, 5.41) is 8.27. The Balaban J connectivity index is 4.22. The van der Waals surface area contributed by atoms with E-state index in [9.17, 15) is 13.2 Å². The summed E-state index contributed by atoms with van der Waals surface area (Å²) in [7, 11) is 0. The van der Waals surface area contributed by atoms with E-state index in [1.165, 1.54) is 6.08 Å². The topological polar surface area (TPSA) is 20.2 Å². The number of aliphatic hydroxyl groups is 1. The molecule has 1 N–H and O–H groups in total. The van der Waals surface area contributed by atoms with E-state index in [2.05, 4.69) is 13.2 Å². The summed E-state index contributed by atoms with van der Waals surface area (Å²) in [5.41, 5.74) is 0. The summed E-state index contributed by atoms with van der Waals surface area (Å²) in [6, 6.07) is 0. The maximum absolute atomic E-state index is 12.2. The number of hydrogen-bond donors (Lipinski definition) is 1. The normalized spacial score (nSPS) is 14.0. The van der Waals surface area contributed by atoms with Crippen LogP contribution in [-0.2, 0) is 0 Å². The van der Waals surface area contributed by atoms with Crippen molar-refractivity contribution >= 4 is 0 Å². The van der Waals surface area contributed by atoms with Crippen molar-refractivity contribution in [2.45, 2.75) is 19.0 Å². The van der Waals surface area contributed by atoms with Gasteiger partial charge in [-0.05, 0) is 6.42 Å². The van der Waals surface area contributed by atoms with Gasteiger partial charge >= 0.3 is 6.11 Å². The Morgan fingerprint density at radius 2 is 2.08 bits per heavy atom. The molecule has 0 aromatic rings. The lowest BCUT2D eigenvalue weighted by atomic mass is 10.00. The average Bonchev–Trinajstić information content (AvgIpc) is 1.83. The van der Waals surface area contributed by atoms with E-state index in [1.807, 2.05) is 0 Å². The van der Waals surface area contributed by atoms with Crippen LogP contribution in [0.1, 0.15) is 12.8 Å². The van der Waals surface area contributed by atoms with Crippen LogP contribution in [0.15, 0.2) is 25.1 Å². The lowest BCUT2D eigenvalue weighted by molar-refractivity contribution is -0.236. The Kier molecular flexibility index (Phi) is 4.03. The minimum absolute atomic E-state index is 0.146. The van der Waals surface area contributed by atoms with Gasteiger partial charge in [0.2, 0.25) is 0 Å². The molecule has 0 rings (SSSR count).